The predicted molar refractivity (Wildman–Crippen MR) is 138 cm³/mol. The van der Waals surface area contributed by atoms with Gasteiger partial charge in [-0.1, -0.05) is 5.57 Å². The minimum absolute atomic E-state index is 0.0468. The summed E-state index contributed by atoms with van der Waals surface area (Å²) in [4.78, 5) is 13.5. The van der Waals surface area contributed by atoms with Gasteiger partial charge in [0.15, 0.2) is 12.6 Å². The van der Waals surface area contributed by atoms with Crippen LogP contribution >= 0.6 is 0 Å². The average Bonchev–Trinajstić information content (AvgIpc) is 3.61. The van der Waals surface area contributed by atoms with E-state index in [0.29, 0.717) is 25.7 Å². The normalized spacial score (nSPS) is 48.5. The second-order valence-electron chi connectivity index (χ2n) is 12.4. The molecule has 1 saturated carbocycles. The highest BCUT2D eigenvalue weighted by Crippen LogP contribution is 2.56. The standard InChI is InChI=1S/C29H40O13/c1-11-36-9-20-27(40-11)24(31)25(32)29(41-20)42-26-14-7-17-16(38-10-39-17)6-13(14)21(22-15(26)8-37-28(22)33)12-4-18(34-2)23(30)19(5-12)35-3/h11-12,15,18-27,29-32H,4-10H2,1-3H3/t11-,12?,15+,18?,19?,20-,21-,22+,23?,24-,25-,26-,27-,29+/m1/s1. The Morgan fingerprint density at radius 2 is 1.50 bits per heavy atom. The van der Waals surface area contributed by atoms with Crippen LogP contribution in [0.1, 0.15) is 32.6 Å². The van der Waals surface area contributed by atoms with E-state index in [0.717, 1.165) is 22.7 Å². The van der Waals surface area contributed by atoms with Gasteiger partial charge >= 0.3 is 5.97 Å². The molecule has 7 rings (SSSR count). The van der Waals surface area contributed by atoms with Crippen LogP contribution in [0.4, 0.5) is 0 Å². The molecule has 2 unspecified atom stereocenters. The maximum Gasteiger partial charge on any atom is 0.310 e. The highest BCUT2D eigenvalue weighted by Gasteiger charge is 2.59. The van der Waals surface area contributed by atoms with Gasteiger partial charge < -0.3 is 58.0 Å². The van der Waals surface area contributed by atoms with Crippen molar-refractivity contribution < 1.29 is 62.7 Å². The van der Waals surface area contributed by atoms with Crippen LogP contribution in [-0.4, -0.2) is 117 Å². The van der Waals surface area contributed by atoms with Crippen molar-refractivity contribution >= 4 is 5.97 Å². The molecule has 0 spiro atoms. The van der Waals surface area contributed by atoms with Crippen molar-refractivity contribution in [1.29, 1.82) is 0 Å². The second kappa shape index (κ2) is 11.3. The molecule has 0 aromatic heterocycles. The molecule has 4 aliphatic heterocycles. The fourth-order valence-corrected chi connectivity index (χ4v) is 8.23. The van der Waals surface area contributed by atoms with Gasteiger partial charge in [-0.25, -0.2) is 0 Å². The number of esters is 1. The zero-order chi connectivity index (χ0) is 29.3. The van der Waals surface area contributed by atoms with Gasteiger partial charge in [0, 0.05) is 33.0 Å². The van der Waals surface area contributed by atoms with E-state index in [2.05, 4.69) is 0 Å². The summed E-state index contributed by atoms with van der Waals surface area (Å²) >= 11 is 0. The zero-order valence-electron chi connectivity index (χ0n) is 24.0. The van der Waals surface area contributed by atoms with E-state index < -0.39 is 67.3 Å². The first-order valence-corrected chi connectivity index (χ1v) is 14.8. The number of ether oxygens (including phenoxy) is 9. The molecule has 12 atom stereocenters. The first-order chi connectivity index (χ1) is 20.3. The molecular formula is C29H40O13. The Hall–Kier alpha value is -1.81. The predicted octanol–water partition coefficient (Wildman–Crippen LogP) is 0.106. The minimum Gasteiger partial charge on any atom is -0.465 e. The smallest absolute Gasteiger partial charge is 0.310 e. The number of cyclic esters (lactones) is 1. The molecule has 4 fully saturated rings. The highest BCUT2D eigenvalue weighted by atomic mass is 16.8. The number of aliphatic hydroxyl groups is 3. The molecule has 0 aromatic carbocycles. The van der Waals surface area contributed by atoms with E-state index in [4.69, 9.17) is 42.6 Å². The summed E-state index contributed by atoms with van der Waals surface area (Å²) in [7, 11) is 3.15. The summed E-state index contributed by atoms with van der Waals surface area (Å²) < 4.78 is 52.6. The van der Waals surface area contributed by atoms with Crippen molar-refractivity contribution in [2.75, 3.05) is 34.2 Å². The lowest BCUT2D eigenvalue weighted by atomic mass is 9.59. The van der Waals surface area contributed by atoms with Crippen LogP contribution in [0.15, 0.2) is 22.7 Å². The second-order valence-corrected chi connectivity index (χ2v) is 12.4. The van der Waals surface area contributed by atoms with Crippen LogP contribution in [0.5, 0.6) is 0 Å². The first-order valence-electron chi connectivity index (χ1n) is 14.8. The lowest BCUT2D eigenvalue weighted by Gasteiger charge is -2.50. The van der Waals surface area contributed by atoms with Crippen LogP contribution in [0.25, 0.3) is 0 Å². The first kappa shape index (κ1) is 28.9. The molecule has 0 amide bonds. The maximum atomic E-state index is 13.5. The van der Waals surface area contributed by atoms with Gasteiger partial charge in [0.25, 0.3) is 0 Å². The van der Waals surface area contributed by atoms with Gasteiger partial charge in [-0.05, 0) is 37.2 Å². The summed E-state index contributed by atoms with van der Waals surface area (Å²) in [6, 6.07) is 0. The van der Waals surface area contributed by atoms with Gasteiger partial charge in [-0.3, -0.25) is 4.79 Å². The van der Waals surface area contributed by atoms with Gasteiger partial charge in [0.2, 0.25) is 6.79 Å². The molecule has 13 heteroatoms. The molecule has 3 saturated heterocycles. The van der Waals surface area contributed by atoms with E-state index in [1.807, 2.05) is 0 Å². The van der Waals surface area contributed by atoms with Crippen molar-refractivity contribution in [3.05, 3.63) is 22.7 Å². The SMILES string of the molecule is COC1CC([C@@H]2C3=C(CC4=C(C3)OCO4)[C@@H](O[C@@H]3O[C@@H]4CO[C@@H](C)O[C@H]4[C@H](O)[C@H]3O)[C@H]3COC(=O)[C@@H]32)CC(OC)C1O. The molecule has 0 bridgehead atoms. The molecule has 13 nitrogen and oxygen atoms in total. The number of methoxy groups -OCH3 is 2. The number of carbonyl (C=O) groups excluding carboxylic acids is 1. The number of hydrogen-bond donors (Lipinski definition) is 3. The van der Waals surface area contributed by atoms with Gasteiger partial charge in [0.05, 0.1) is 37.4 Å². The van der Waals surface area contributed by atoms with E-state index in [-0.39, 0.29) is 43.7 Å². The molecule has 7 aliphatic rings. The third-order valence-corrected chi connectivity index (χ3v) is 10.3. The van der Waals surface area contributed by atoms with Crippen molar-refractivity contribution in [3.8, 4) is 0 Å². The third kappa shape index (κ3) is 4.68. The number of carbonyl (C=O) groups is 1. The molecule has 3 N–H and O–H groups in total. The minimum atomic E-state index is -1.39. The Balaban J connectivity index is 1.24. The van der Waals surface area contributed by atoms with Crippen molar-refractivity contribution in [3.63, 3.8) is 0 Å². The van der Waals surface area contributed by atoms with Gasteiger partial charge in [-0.2, -0.15) is 0 Å². The molecule has 0 radical (unpaired) electrons. The van der Waals surface area contributed by atoms with E-state index >= 15 is 0 Å². The number of allylic oxidation sites excluding steroid dienone is 2. The Bertz CT molecular complexity index is 1110. The third-order valence-electron chi connectivity index (χ3n) is 10.3. The van der Waals surface area contributed by atoms with Crippen LogP contribution < -0.4 is 0 Å². The molecule has 0 aromatic rings. The molecular weight excluding hydrogens is 556 g/mol. The Kier molecular flexibility index (Phi) is 7.77. The number of fused-ring (bicyclic) bond motifs is 2. The highest BCUT2D eigenvalue weighted by molar-refractivity contribution is 5.77. The maximum absolute atomic E-state index is 13.5. The van der Waals surface area contributed by atoms with E-state index in [1.54, 1.807) is 21.1 Å². The summed E-state index contributed by atoms with van der Waals surface area (Å²) in [6.07, 6.45) is -6.12. The summed E-state index contributed by atoms with van der Waals surface area (Å²) in [5.74, 6) is -0.0255. The summed E-state index contributed by atoms with van der Waals surface area (Å²) in [6.45, 7) is 2.17. The number of aliphatic hydroxyl groups excluding tert-OH is 3. The largest absolute Gasteiger partial charge is 0.465 e. The Labute approximate surface area is 243 Å². The number of rotatable bonds is 5. The van der Waals surface area contributed by atoms with Crippen molar-refractivity contribution in [2.45, 2.75) is 94.0 Å². The van der Waals surface area contributed by atoms with Crippen molar-refractivity contribution in [1.82, 2.24) is 0 Å². The molecule has 42 heavy (non-hydrogen) atoms. The van der Waals surface area contributed by atoms with Crippen LogP contribution in [0.3, 0.4) is 0 Å². The topological polar surface area (TPSA) is 161 Å². The Morgan fingerprint density at radius 1 is 0.810 bits per heavy atom. The Morgan fingerprint density at radius 3 is 2.19 bits per heavy atom. The van der Waals surface area contributed by atoms with Gasteiger partial charge in [0.1, 0.15) is 42.0 Å². The lowest BCUT2D eigenvalue weighted by molar-refractivity contribution is -0.362. The monoisotopic (exact) mass is 596 g/mol. The van der Waals surface area contributed by atoms with Crippen molar-refractivity contribution in [2.24, 2.45) is 23.7 Å². The van der Waals surface area contributed by atoms with Gasteiger partial charge in [-0.15, -0.1) is 0 Å². The summed E-state index contributed by atoms with van der Waals surface area (Å²) in [5.41, 5.74) is 1.95. The van der Waals surface area contributed by atoms with Crippen LogP contribution in [-0.2, 0) is 47.4 Å². The number of hydrogen-bond acceptors (Lipinski definition) is 13. The quantitative estimate of drug-likeness (QED) is 0.290. The fourth-order valence-electron chi connectivity index (χ4n) is 8.23. The fraction of sp³-hybridized carbons (Fsp3) is 0.828. The average molecular weight is 597 g/mol. The summed E-state index contributed by atoms with van der Waals surface area (Å²) in [5, 5.41) is 32.8. The van der Waals surface area contributed by atoms with Crippen LogP contribution in [0.2, 0.25) is 0 Å². The zero-order valence-corrected chi connectivity index (χ0v) is 24.0. The van der Waals surface area contributed by atoms with Crippen LogP contribution in [0, 0.1) is 23.7 Å². The van der Waals surface area contributed by atoms with E-state index in [1.165, 1.54) is 0 Å². The lowest BCUT2D eigenvalue weighted by Crippen LogP contribution is -2.63. The molecule has 4 heterocycles. The van der Waals surface area contributed by atoms with E-state index in [9.17, 15) is 20.1 Å². The molecule has 234 valence electrons. The molecule has 3 aliphatic carbocycles.